The summed E-state index contributed by atoms with van der Waals surface area (Å²) in [5.74, 6) is 0. The van der Waals surface area contributed by atoms with Gasteiger partial charge < -0.3 is 5.32 Å². The Bertz CT molecular complexity index is 519. The first-order valence-corrected chi connectivity index (χ1v) is 7.47. The van der Waals surface area contributed by atoms with Gasteiger partial charge in [-0.25, -0.2) is 0 Å². The number of aryl methyl sites for hydroxylation is 2. The van der Waals surface area contributed by atoms with Crippen LogP contribution in [0.5, 0.6) is 0 Å². The molecule has 0 bridgehead atoms. The van der Waals surface area contributed by atoms with Gasteiger partial charge in [0.25, 0.3) is 0 Å². The van der Waals surface area contributed by atoms with E-state index in [2.05, 4.69) is 36.7 Å². The predicted molar refractivity (Wildman–Crippen MR) is 80.4 cm³/mol. The van der Waals surface area contributed by atoms with Crippen molar-refractivity contribution < 1.29 is 0 Å². The number of hydrogen-bond acceptors (Lipinski definition) is 2. The molecular formula is C15H18ClNS. The summed E-state index contributed by atoms with van der Waals surface area (Å²) < 4.78 is 0. The van der Waals surface area contributed by atoms with Crippen molar-refractivity contribution in [2.24, 2.45) is 0 Å². The highest BCUT2D eigenvalue weighted by Gasteiger charge is 2.03. The maximum Gasteiger partial charge on any atom is 0.0408 e. The molecule has 1 heterocycles. The van der Waals surface area contributed by atoms with Crippen LogP contribution in [0.3, 0.4) is 0 Å². The lowest BCUT2D eigenvalue weighted by molar-refractivity contribution is 0.694. The van der Waals surface area contributed by atoms with E-state index >= 15 is 0 Å². The van der Waals surface area contributed by atoms with Crippen LogP contribution in [-0.2, 0) is 19.5 Å². The largest absolute Gasteiger partial charge is 0.308 e. The Morgan fingerprint density at radius 2 is 2.00 bits per heavy atom. The van der Waals surface area contributed by atoms with Crippen molar-refractivity contribution >= 4 is 22.9 Å². The Hall–Kier alpha value is -0.830. The molecule has 0 saturated heterocycles. The fourth-order valence-corrected chi connectivity index (χ4v) is 3.18. The Labute approximate surface area is 118 Å². The molecule has 0 fully saturated rings. The Morgan fingerprint density at radius 3 is 2.72 bits per heavy atom. The van der Waals surface area contributed by atoms with Crippen LogP contribution >= 0.6 is 22.9 Å². The summed E-state index contributed by atoms with van der Waals surface area (Å²) in [5, 5.41) is 6.48. The summed E-state index contributed by atoms with van der Waals surface area (Å²) in [7, 11) is 0. The number of thiophene rings is 1. The molecule has 2 aromatic rings. The molecule has 0 unspecified atom stereocenters. The molecule has 1 aromatic carbocycles. The SMILES string of the molecule is CCc1ccsc1CNCc1ccc(Cl)cc1C. The van der Waals surface area contributed by atoms with E-state index in [4.69, 9.17) is 11.6 Å². The van der Waals surface area contributed by atoms with Gasteiger partial charge in [-0.15, -0.1) is 11.3 Å². The van der Waals surface area contributed by atoms with Gasteiger partial charge in [0, 0.05) is 23.0 Å². The second-order valence-electron chi connectivity index (χ2n) is 4.40. The van der Waals surface area contributed by atoms with Crippen LogP contribution in [0, 0.1) is 6.92 Å². The summed E-state index contributed by atoms with van der Waals surface area (Å²) in [5.41, 5.74) is 4.02. The van der Waals surface area contributed by atoms with Crippen molar-refractivity contribution in [2.75, 3.05) is 0 Å². The van der Waals surface area contributed by atoms with Crippen molar-refractivity contribution in [3.63, 3.8) is 0 Å². The first-order chi connectivity index (χ1) is 8.70. The van der Waals surface area contributed by atoms with Gasteiger partial charge >= 0.3 is 0 Å². The normalized spacial score (nSPS) is 10.8. The first-order valence-electron chi connectivity index (χ1n) is 6.21. The summed E-state index contributed by atoms with van der Waals surface area (Å²) in [6, 6.07) is 8.28. The van der Waals surface area contributed by atoms with Gasteiger partial charge in [-0.3, -0.25) is 0 Å². The van der Waals surface area contributed by atoms with Gasteiger partial charge in [0.2, 0.25) is 0 Å². The Morgan fingerprint density at radius 1 is 1.17 bits per heavy atom. The first kappa shape index (κ1) is 13.6. The van der Waals surface area contributed by atoms with Crippen LogP contribution in [0.4, 0.5) is 0 Å². The molecule has 0 spiro atoms. The third-order valence-electron chi connectivity index (χ3n) is 3.12. The van der Waals surface area contributed by atoms with Gasteiger partial charge in [-0.05, 0) is 53.6 Å². The number of benzene rings is 1. The van der Waals surface area contributed by atoms with E-state index in [1.165, 1.54) is 21.6 Å². The number of rotatable bonds is 5. The van der Waals surface area contributed by atoms with Crippen LogP contribution in [0.1, 0.15) is 28.5 Å². The lowest BCUT2D eigenvalue weighted by Gasteiger charge is -2.08. The quantitative estimate of drug-likeness (QED) is 0.846. The summed E-state index contributed by atoms with van der Waals surface area (Å²) >= 11 is 7.79. The molecule has 2 rings (SSSR count). The minimum absolute atomic E-state index is 0.808. The van der Waals surface area contributed by atoms with Gasteiger partial charge in [0.15, 0.2) is 0 Å². The second-order valence-corrected chi connectivity index (χ2v) is 5.83. The van der Waals surface area contributed by atoms with Crippen molar-refractivity contribution in [2.45, 2.75) is 33.4 Å². The molecule has 0 aliphatic heterocycles. The zero-order chi connectivity index (χ0) is 13.0. The molecule has 1 nitrogen and oxygen atoms in total. The summed E-state index contributed by atoms with van der Waals surface area (Å²) in [4.78, 5) is 1.45. The van der Waals surface area contributed by atoms with E-state index in [1.54, 1.807) is 0 Å². The third-order valence-corrected chi connectivity index (χ3v) is 4.32. The molecule has 0 atom stereocenters. The van der Waals surface area contributed by atoms with E-state index in [0.717, 1.165) is 24.5 Å². The summed E-state index contributed by atoms with van der Waals surface area (Å²) in [6.45, 7) is 6.15. The van der Waals surface area contributed by atoms with Crippen LogP contribution < -0.4 is 5.32 Å². The average molecular weight is 280 g/mol. The maximum absolute atomic E-state index is 5.95. The molecule has 0 aliphatic rings. The lowest BCUT2D eigenvalue weighted by Crippen LogP contribution is -2.13. The highest BCUT2D eigenvalue weighted by atomic mass is 35.5. The minimum Gasteiger partial charge on any atom is -0.308 e. The van der Waals surface area contributed by atoms with Crippen LogP contribution in [0.2, 0.25) is 5.02 Å². The van der Waals surface area contributed by atoms with E-state index < -0.39 is 0 Å². The molecule has 0 amide bonds. The van der Waals surface area contributed by atoms with Crippen LogP contribution in [-0.4, -0.2) is 0 Å². The van der Waals surface area contributed by atoms with E-state index in [0.29, 0.717) is 0 Å². The zero-order valence-electron chi connectivity index (χ0n) is 10.8. The highest BCUT2D eigenvalue weighted by Crippen LogP contribution is 2.18. The molecular weight excluding hydrogens is 262 g/mol. The number of nitrogens with one attached hydrogen (secondary N) is 1. The highest BCUT2D eigenvalue weighted by molar-refractivity contribution is 7.10. The van der Waals surface area contributed by atoms with Gasteiger partial charge in [-0.1, -0.05) is 24.6 Å². The predicted octanol–water partition coefficient (Wildman–Crippen LogP) is 4.56. The smallest absolute Gasteiger partial charge is 0.0408 e. The van der Waals surface area contributed by atoms with E-state index in [-0.39, 0.29) is 0 Å². The molecule has 3 heteroatoms. The van der Waals surface area contributed by atoms with Crippen molar-refractivity contribution in [3.8, 4) is 0 Å². The van der Waals surface area contributed by atoms with Crippen molar-refractivity contribution in [1.29, 1.82) is 0 Å². The van der Waals surface area contributed by atoms with Crippen molar-refractivity contribution in [1.82, 2.24) is 5.32 Å². The van der Waals surface area contributed by atoms with Crippen molar-refractivity contribution in [3.05, 3.63) is 56.2 Å². The fraction of sp³-hybridized carbons (Fsp3) is 0.333. The Balaban J connectivity index is 1.92. The molecule has 0 radical (unpaired) electrons. The van der Waals surface area contributed by atoms with Crippen LogP contribution in [0.25, 0.3) is 0 Å². The van der Waals surface area contributed by atoms with Gasteiger partial charge in [0.1, 0.15) is 0 Å². The number of halogens is 1. The zero-order valence-corrected chi connectivity index (χ0v) is 12.4. The average Bonchev–Trinajstić information content (AvgIpc) is 2.79. The molecule has 0 aliphatic carbocycles. The molecule has 1 N–H and O–H groups in total. The van der Waals surface area contributed by atoms with Crippen LogP contribution in [0.15, 0.2) is 29.6 Å². The monoisotopic (exact) mass is 279 g/mol. The number of hydrogen-bond donors (Lipinski definition) is 1. The molecule has 96 valence electrons. The molecule has 18 heavy (non-hydrogen) atoms. The fourth-order valence-electron chi connectivity index (χ4n) is 2.01. The lowest BCUT2D eigenvalue weighted by atomic mass is 10.1. The van der Waals surface area contributed by atoms with E-state index in [1.807, 2.05) is 23.5 Å². The van der Waals surface area contributed by atoms with Gasteiger partial charge in [-0.2, -0.15) is 0 Å². The maximum atomic E-state index is 5.95. The van der Waals surface area contributed by atoms with E-state index in [9.17, 15) is 0 Å². The molecule has 1 aromatic heterocycles. The van der Waals surface area contributed by atoms with Gasteiger partial charge in [0.05, 0.1) is 0 Å². The second kappa shape index (κ2) is 6.37. The summed E-state index contributed by atoms with van der Waals surface area (Å²) in [6.07, 6.45) is 1.11. The standard InChI is InChI=1S/C15H18ClNS/c1-3-12-6-7-18-15(12)10-17-9-13-4-5-14(16)8-11(13)2/h4-8,17H,3,9-10H2,1-2H3. The third kappa shape index (κ3) is 3.35. The minimum atomic E-state index is 0.808. The molecule has 0 saturated carbocycles. The Kier molecular flexibility index (Phi) is 4.81. The topological polar surface area (TPSA) is 12.0 Å².